The molecule has 5 rings (SSSR count). The second-order valence-electron chi connectivity index (χ2n) is 10.6. The van der Waals surface area contributed by atoms with Gasteiger partial charge in [0.1, 0.15) is 34.9 Å². The Morgan fingerprint density at radius 2 is 1.57 bits per heavy atom. The number of rotatable bonds is 9. The molecule has 49 heavy (non-hydrogen) atoms. The average molecular weight is 688 g/mol. The Balaban J connectivity index is 1.41. The molecule has 0 spiro atoms. The van der Waals surface area contributed by atoms with E-state index in [-0.39, 0.29) is 33.6 Å². The van der Waals surface area contributed by atoms with Gasteiger partial charge in [0.05, 0.1) is 17.2 Å². The Hall–Kier alpha value is -5.98. The second-order valence-corrected chi connectivity index (χ2v) is 10.6. The molecule has 2 atom stereocenters. The van der Waals surface area contributed by atoms with Crippen molar-refractivity contribution in [3.05, 3.63) is 125 Å². The number of nitriles is 1. The molecule has 16 heteroatoms. The number of imidazole rings is 1. The molecule has 3 aromatic carbocycles. The molecule has 1 amide bonds. The topological polar surface area (TPSA) is 120 Å². The van der Waals surface area contributed by atoms with E-state index in [0.717, 1.165) is 18.2 Å². The Morgan fingerprint density at radius 3 is 2.16 bits per heavy atom. The van der Waals surface area contributed by atoms with Crippen LogP contribution in [0.25, 0.3) is 16.8 Å². The Labute approximate surface area is 271 Å². The zero-order valence-corrected chi connectivity index (χ0v) is 24.6. The van der Waals surface area contributed by atoms with Gasteiger partial charge in [-0.05, 0) is 47.5 Å². The maximum Gasteiger partial charge on any atom is 0.417 e. The molecule has 2 unspecified atom stereocenters. The Bertz CT molecular complexity index is 2070. The van der Waals surface area contributed by atoms with Gasteiger partial charge in [0.2, 0.25) is 0 Å². The first-order chi connectivity index (χ1) is 23.1. The summed E-state index contributed by atoms with van der Waals surface area (Å²) < 4.78 is 114. The quantitative estimate of drug-likeness (QED) is 0.140. The van der Waals surface area contributed by atoms with Crippen molar-refractivity contribution in [2.24, 2.45) is 0 Å². The van der Waals surface area contributed by atoms with Crippen LogP contribution in [0.15, 0.2) is 85.2 Å². The fourth-order valence-electron chi connectivity index (χ4n) is 5.21. The van der Waals surface area contributed by atoms with Gasteiger partial charge >= 0.3 is 18.3 Å². The van der Waals surface area contributed by atoms with E-state index in [4.69, 9.17) is 5.26 Å². The van der Waals surface area contributed by atoms with Crippen LogP contribution >= 0.6 is 0 Å². The van der Waals surface area contributed by atoms with Crippen molar-refractivity contribution < 1.29 is 49.8 Å². The molecule has 252 valence electrons. The molecular formula is C33H21F8N5O3. The summed E-state index contributed by atoms with van der Waals surface area (Å²) in [7, 11) is 0. The van der Waals surface area contributed by atoms with Crippen molar-refractivity contribution >= 4 is 23.2 Å². The number of fused-ring (bicyclic) bond motifs is 1. The van der Waals surface area contributed by atoms with E-state index in [1.807, 2.05) is 10.6 Å². The first-order valence-corrected chi connectivity index (χ1v) is 14.1. The molecule has 0 aliphatic carbocycles. The summed E-state index contributed by atoms with van der Waals surface area (Å²) in [6.45, 7) is 0. The number of carboxylic acid groups (broad SMARTS) is 1. The first-order valence-electron chi connectivity index (χ1n) is 14.1. The molecule has 0 bridgehead atoms. The van der Waals surface area contributed by atoms with Crippen molar-refractivity contribution in [3.8, 4) is 17.2 Å². The minimum absolute atomic E-state index is 0.0145. The fourth-order valence-corrected chi connectivity index (χ4v) is 5.21. The van der Waals surface area contributed by atoms with Crippen LogP contribution in [0.4, 0.5) is 40.8 Å². The number of aromatic nitrogens is 2. The lowest BCUT2D eigenvalue weighted by Crippen LogP contribution is -2.43. The molecule has 0 saturated carbocycles. The number of pyridine rings is 1. The minimum Gasteiger partial charge on any atom is -0.480 e. The molecule has 0 aliphatic rings. The van der Waals surface area contributed by atoms with Gasteiger partial charge in [-0.3, -0.25) is 4.79 Å². The summed E-state index contributed by atoms with van der Waals surface area (Å²) in [4.78, 5) is 29.2. The third kappa shape index (κ3) is 7.30. The Kier molecular flexibility index (Phi) is 9.30. The van der Waals surface area contributed by atoms with Gasteiger partial charge in [-0.1, -0.05) is 36.4 Å². The van der Waals surface area contributed by atoms with Gasteiger partial charge in [0, 0.05) is 35.8 Å². The molecule has 0 saturated heterocycles. The Morgan fingerprint density at radius 1 is 0.918 bits per heavy atom. The number of carboxylic acids is 1. The highest BCUT2D eigenvalue weighted by Crippen LogP contribution is 2.39. The second kappa shape index (κ2) is 13.3. The van der Waals surface area contributed by atoms with E-state index in [2.05, 4.69) is 4.98 Å². The molecule has 3 N–H and O–H groups in total. The van der Waals surface area contributed by atoms with Gasteiger partial charge < -0.3 is 20.1 Å². The number of hydrogen-bond acceptors (Lipinski definition) is 5. The lowest BCUT2D eigenvalue weighted by atomic mass is 9.97. The summed E-state index contributed by atoms with van der Waals surface area (Å²) >= 11 is 0. The van der Waals surface area contributed by atoms with Crippen molar-refractivity contribution in [1.29, 1.82) is 5.26 Å². The van der Waals surface area contributed by atoms with E-state index in [1.54, 1.807) is 6.07 Å². The normalized spacial score (nSPS) is 13.0. The summed E-state index contributed by atoms with van der Waals surface area (Å²) in [6, 6.07) is 10.3. The van der Waals surface area contributed by atoms with Gasteiger partial charge in [0.15, 0.2) is 0 Å². The number of benzene rings is 3. The SMILES string of the molecule is N#Cc1ccc(-c2ccc(CC(NC(=O)c3c(F)cc(NC(c4ccccc4)C(F)(F)F)cc3F)C(=O)O)n3ccnc23)c(C(F)(F)F)c1. The smallest absolute Gasteiger partial charge is 0.417 e. The maximum atomic E-state index is 15.0. The highest BCUT2D eigenvalue weighted by molar-refractivity contribution is 5.97. The van der Waals surface area contributed by atoms with Crippen LogP contribution < -0.4 is 10.6 Å². The molecule has 8 nitrogen and oxygen atoms in total. The number of carbonyl (C=O) groups excluding carboxylic acids is 1. The first kappa shape index (κ1) is 34.4. The number of alkyl halides is 6. The lowest BCUT2D eigenvalue weighted by molar-refractivity contribution is -0.144. The van der Waals surface area contributed by atoms with Crippen LogP contribution in [0.1, 0.15) is 38.8 Å². The van der Waals surface area contributed by atoms with E-state index in [0.29, 0.717) is 18.2 Å². The van der Waals surface area contributed by atoms with Crippen molar-refractivity contribution in [2.75, 3.05) is 5.32 Å². The van der Waals surface area contributed by atoms with Crippen LogP contribution in [0, 0.1) is 23.0 Å². The fraction of sp³-hybridized carbons (Fsp3) is 0.152. The number of nitrogens with zero attached hydrogens (tertiary/aromatic N) is 3. The minimum atomic E-state index is -4.87. The summed E-state index contributed by atoms with van der Waals surface area (Å²) in [5.74, 6) is -6.34. The lowest BCUT2D eigenvalue weighted by Gasteiger charge is -2.23. The molecule has 0 fully saturated rings. The van der Waals surface area contributed by atoms with E-state index in [1.165, 1.54) is 53.2 Å². The molecule has 5 aromatic rings. The standard InChI is InChI=1S/C33H21F8N5O3/c34-24-13-19(44-28(33(39,40)41)18-4-2-1-3-5-18)14-25(35)27(24)30(47)45-26(31(48)49)15-20-7-9-22(29-43-10-11-46(20)29)21-8-6-17(16-42)12-23(21)32(36,37)38/h1-14,26,28,44H,15H2,(H,45,47)(H,48,49). The number of carbonyl (C=O) groups is 2. The number of amides is 1. The van der Waals surface area contributed by atoms with Gasteiger partial charge in [-0.2, -0.15) is 31.6 Å². The maximum absolute atomic E-state index is 15.0. The van der Waals surface area contributed by atoms with Crippen molar-refractivity contribution in [2.45, 2.75) is 30.9 Å². The summed E-state index contributed by atoms with van der Waals surface area (Å²) in [5, 5.41) is 22.9. The number of anilines is 1. The van der Waals surface area contributed by atoms with E-state index < -0.39 is 71.2 Å². The van der Waals surface area contributed by atoms with E-state index >= 15 is 8.78 Å². The molecule has 0 aliphatic heterocycles. The van der Waals surface area contributed by atoms with Crippen LogP contribution in [0.5, 0.6) is 0 Å². The molecule has 2 heterocycles. The molecule has 2 aromatic heterocycles. The summed E-state index contributed by atoms with van der Waals surface area (Å²) in [5.41, 5.74) is -3.75. The highest BCUT2D eigenvalue weighted by Gasteiger charge is 2.41. The van der Waals surface area contributed by atoms with Crippen molar-refractivity contribution in [1.82, 2.24) is 14.7 Å². The van der Waals surface area contributed by atoms with Crippen LogP contribution in [-0.2, 0) is 17.4 Å². The zero-order chi connectivity index (χ0) is 35.7. The molecule has 0 radical (unpaired) electrons. The largest absolute Gasteiger partial charge is 0.480 e. The van der Waals surface area contributed by atoms with E-state index in [9.17, 15) is 41.0 Å². The number of hydrogen-bond donors (Lipinski definition) is 3. The predicted octanol–water partition coefficient (Wildman–Crippen LogP) is 7.31. The highest BCUT2D eigenvalue weighted by atomic mass is 19.4. The number of aliphatic carboxylic acids is 1. The number of nitrogens with one attached hydrogen (secondary N) is 2. The third-order valence-corrected chi connectivity index (χ3v) is 7.43. The number of halogens is 8. The molecular weight excluding hydrogens is 666 g/mol. The predicted molar refractivity (Wildman–Crippen MR) is 158 cm³/mol. The van der Waals surface area contributed by atoms with Gasteiger partial charge in [-0.15, -0.1) is 0 Å². The van der Waals surface area contributed by atoms with Gasteiger partial charge in [-0.25, -0.2) is 18.6 Å². The zero-order valence-electron chi connectivity index (χ0n) is 24.6. The van der Waals surface area contributed by atoms with Crippen molar-refractivity contribution in [3.63, 3.8) is 0 Å². The van der Waals surface area contributed by atoms with Gasteiger partial charge in [0.25, 0.3) is 5.91 Å². The summed E-state index contributed by atoms with van der Waals surface area (Å²) in [6.07, 6.45) is -7.71. The average Bonchev–Trinajstić information content (AvgIpc) is 3.53. The van der Waals surface area contributed by atoms with Crippen LogP contribution in [0.3, 0.4) is 0 Å². The third-order valence-electron chi connectivity index (χ3n) is 7.43. The van der Waals surface area contributed by atoms with Crippen LogP contribution in [-0.4, -0.2) is 38.6 Å². The van der Waals surface area contributed by atoms with Crippen LogP contribution in [0.2, 0.25) is 0 Å². The monoisotopic (exact) mass is 687 g/mol.